The normalized spacial score (nSPS) is 12.1. The van der Waals surface area contributed by atoms with Crippen molar-refractivity contribution in [3.63, 3.8) is 0 Å². The number of benzene rings is 7. The molecule has 0 saturated carbocycles. The summed E-state index contributed by atoms with van der Waals surface area (Å²) in [6, 6.07) is 62.8. The molecule has 64 heavy (non-hydrogen) atoms. The SMILES string of the molecule is Cc1cccc(C)c1-c1cc(-c2nc3ccccc3n2-c2c(C(C)C)cc(-c3ccccc3)cc2C(C)C)[c-]c2cc(-c3ccccc3)oc12.[2H]C([2H])([2H])c1ccc(-c2[c-]cccc2)nc1.[Ir]. The van der Waals surface area contributed by atoms with Crippen LogP contribution in [0.5, 0.6) is 0 Å². The van der Waals surface area contributed by atoms with E-state index in [1.807, 2.05) is 36.4 Å². The fourth-order valence-corrected chi connectivity index (χ4v) is 8.52. The van der Waals surface area contributed by atoms with Crippen LogP contribution < -0.4 is 0 Å². The van der Waals surface area contributed by atoms with Gasteiger partial charge in [0.15, 0.2) is 0 Å². The Morgan fingerprint density at radius 3 is 1.92 bits per heavy atom. The smallest absolute Gasteiger partial charge is 0.0914 e. The molecule has 4 nitrogen and oxygen atoms in total. The zero-order valence-corrected chi connectivity index (χ0v) is 39.3. The molecular weight excluding hydrogens is 959 g/mol. The summed E-state index contributed by atoms with van der Waals surface area (Å²) in [5.41, 5.74) is 17.6. The van der Waals surface area contributed by atoms with E-state index in [-0.39, 0.29) is 37.5 Å². The molecular formula is C59H51IrN3O-2. The third-order valence-electron chi connectivity index (χ3n) is 11.6. The van der Waals surface area contributed by atoms with Crippen molar-refractivity contribution in [1.82, 2.24) is 14.5 Å². The molecule has 3 heterocycles. The average molecular weight is 1010 g/mol. The van der Waals surface area contributed by atoms with Gasteiger partial charge in [0.2, 0.25) is 0 Å². The Hall–Kier alpha value is -6.65. The van der Waals surface area contributed by atoms with Gasteiger partial charge in [0.05, 0.1) is 28.2 Å². The Labute approximate surface area is 395 Å². The number of pyridine rings is 1. The molecule has 3 aromatic heterocycles. The number of para-hydroxylation sites is 2. The van der Waals surface area contributed by atoms with Gasteiger partial charge in [-0.2, -0.15) is 0 Å². The topological polar surface area (TPSA) is 43.9 Å². The molecule has 5 heteroatoms. The minimum absolute atomic E-state index is 0. The fourth-order valence-electron chi connectivity index (χ4n) is 8.52. The van der Waals surface area contributed by atoms with Gasteiger partial charge in [-0.15, -0.1) is 48.0 Å². The number of nitrogens with zero attached hydrogens (tertiary/aromatic N) is 3. The number of aromatic nitrogens is 3. The molecule has 0 bridgehead atoms. The first-order chi connectivity index (χ1) is 31.9. The summed E-state index contributed by atoms with van der Waals surface area (Å²) in [5, 5.41) is 0.935. The van der Waals surface area contributed by atoms with E-state index in [0.29, 0.717) is 0 Å². The molecule has 0 spiro atoms. The number of imidazole rings is 1. The van der Waals surface area contributed by atoms with Crippen molar-refractivity contribution in [3.05, 3.63) is 210 Å². The van der Waals surface area contributed by atoms with Crippen molar-refractivity contribution < 1.29 is 28.6 Å². The predicted octanol–water partition coefficient (Wildman–Crippen LogP) is 16.0. The van der Waals surface area contributed by atoms with Gasteiger partial charge >= 0.3 is 0 Å². The second-order valence-electron chi connectivity index (χ2n) is 16.7. The Kier molecular flexibility index (Phi) is 11.9. The summed E-state index contributed by atoms with van der Waals surface area (Å²) in [7, 11) is 0. The van der Waals surface area contributed by atoms with Gasteiger partial charge in [-0.3, -0.25) is 4.98 Å². The average Bonchev–Trinajstić information content (AvgIpc) is 3.94. The number of fused-ring (bicyclic) bond motifs is 2. The van der Waals surface area contributed by atoms with E-state index in [1.54, 1.807) is 18.2 Å². The monoisotopic (exact) mass is 1010 g/mol. The molecule has 1 radical (unpaired) electrons. The number of hydrogen-bond donors (Lipinski definition) is 0. The Morgan fingerprint density at radius 2 is 1.30 bits per heavy atom. The molecule has 0 aliphatic rings. The van der Waals surface area contributed by atoms with Gasteiger partial charge in [-0.1, -0.05) is 148 Å². The van der Waals surface area contributed by atoms with E-state index >= 15 is 0 Å². The second kappa shape index (κ2) is 19.0. The van der Waals surface area contributed by atoms with Gasteiger partial charge in [0, 0.05) is 41.7 Å². The van der Waals surface area contributed by atoms with Crippen molar-refractivity contribution >= 4 is 22.0 Å². The molecule has 0 aliphatic carbocycles. The van der Waals surface area contributed by atoms with Crippen LogP contribution in [-0.2, 0) is 20.1 Å². The summed E-state index contributed by atoms with van der Waals surface area (Å²) < 4.78 is 30.8. The molecule has 0 aliphatic heterocycles. The Balaban J connectivity index is 0.000000303. The summed E-state index contributed by atoms with van der Waals surface area (Å²) in [6.45, 7) is 11.5. The molecule has 0 atom stereocenters. The number of aryl methyl sites for hydroxylation is 3. The van der Waals surface area contributed by atoms with Gasteiger partial charge in [0.25, 0.3) is 0 Å². The summed E-state index contributed by atoms with van der Waals surface area (Å²) in [6.07, 6.45) is 1.39. The fraction of sp³-hybridized carbons (Fsp3) is 0.153. The van der Waals surface area contributed by atoms with Crippen LogP contribution in [0.25, 0.3) is 83.9 Å². The first-order valence-corrected chi connectivity index (χ1v) is 21.6. The molecule has 0 saturated heterocycles. The maximum atomic E-state index is 7.23. The van der Waals surface area contributed by atoms with Gasteiger partial charge in [-0.25, -0.2) is 0 Å². The van der Waals surface area contributed by atoms with Crippen LogP contribution in [0.2, 0.25) is 0 Å². The molecule has 7 aromatic carbocycles. The first-order valence-electron chi connectivity index (χ1n) is 23.1. The van der Waals surface area contributed by atoms with Crippen LogP contribution in [0.1, 0.15) is 71.5 Å². The van der Waals surface area contributed by atoms with Crippen LogP contribution in [0.3, 0.4) is 0 Å². The van der Waals surface area contributed by atoms with Crippen molar-refractivity contribution in [2.45, 2.75) is 60.2 Å². The van der Waals surface area contributed by atoms with Gasteiger partial charge in [0.1, 0.15) is 0 Å². The van der Waals surface area contributed by atoms with E-state index in [1.165, 1.54) is 50.8 Å². The number of rotatable bonds is 8. The largest absolute Gasteiger partial charge is 0.499 e. The van der Waals surface area contributed by atoms with Gasteiger partial charge in [-0.05, 0) is 113 Å². The van der Waals surface area contributed by atoms with E-state index in [4.69, 9.17) is 13.5 Å². The number of hydrogen-bond acceptors (Lipinski definition) is 3. The summed E-state index contributed by atoms with van der Waals surface area (Å²) in [4.78, 5) is 9.52. The van der Waals surface area contributed by atoms with E-state index in [2.05, 4.69) is 172 Å². The molecule has 0 amide bonds. The summed E-state index contributed by atoms with van der Waals surface area (Å²) in [5.74, 6) is 2.26. The molecule has 10 aromatic rings. The molecule has 0 fully saturated rings. The number of furan rings is 1. The van der Waals surface area contributed by atoms with Crippen molar-refractivity contribution in [1.29, 1.82) is 0 Å². The van der Waals surface area contributed by atoms with Crippen molar-refractivity contribution in [3.8, 4) is 61.9 Å². The molecule has 0 unspecified atom stereocenters. The quantitative estimate of drug-likeness (QED) is 0.143. The van der Waals surface area contributed by atoms with Crippen molar-refractivity contribution in [2.75, 3.05) is 0 Å². The molecule has 0 N–H and O–H groups in total. The van der Waals surface area contributed by atoms with Crippen LogP contribution >= 0.6 is 0 Å². The van der Waals surface area contributed by atoms with Gasteiger partial charge < -0.3 is 14.0 Å². The van der Waals surface area contributed by atoms with Crippen molar-refractivity contribution in [2.24, 2.45) is 0 Å². The zero-order valence-electron chi connectivity index (χ0n) is 39.9. The summed E-state index contributed by atoms with van der Waals surface area (Å²) >= 11 is 0. The standard InChI is InChI=1S/C47H41N2O.C12H10N.Ir/c1-29(2)38-25-35(33-18-9-7-10-19-33)26-39(30(3)4)45(38)49-42-23-14-13-22-41(42)48-47(49)37-24-36-28-43(34-20-11-8-12-21-34)50-46(36)40(27-37)44-31(5)16-15-17-32(44)6;1-10-7-8-12(13-9-10)11-5-3-2-4-6-11;/h7-23,25-30H,1-6H3;2-5,7-9H,1H3;/q2*-1;/i;1D3;. The second-order valence-corrected chi connectivity index (χ2v) is 16.7. The Bertz CT molecular complexity index is 3250. The maximum absolute atomic E-state index is 7.23. The van der Waals surface area contributed by atoms with Crippen LogP contribution in [0.15, 0.2) is 174 Å². The van der Waals surface area contributed by atoms with E-state index in [0.717, 1.165) is 61.5 Å². The van der Waals surface area contributed by atoms with E-state index in [9.17, 15) is 0 Å². The van der Waals surface area contributed by atoms with E-state index < -0.39 is 6.85 Å². The maximum Gasteiger partial charge on any atom is 0.0914 e. The minimum atomic E-state index is -2.09. The predicted molar refractivity (Wildman–Crippen MR) is 262 cm³/mol. The molecule has 319 valence electrons. The third-order valence-corrected chi connectivity index (χ3v) is 11.6. The van der Waals surface area contributed by atoms with Crippen LogP contribution in [-0.4, -0.2) is 14.5 Å². The molecule has 10 rings (SSSR count). The first kappa shape index (κ1) is 40.1. The van der Waals surface area contributed by atoms with Crippen LogP contribution in [0.4, 0.5) is 0 Å². The third kappa shape index (κ3) is 8.79. The minimum Gasteiger partial charge on any atom is -0.499 e. The Morgan fingerprint density at radius 1 is 0.641 bits per heavy atom. The van der Waals surface area contributed by atoms with Crippen LogP contribution in [0, 0.1) is 32.8 Å². The zero-order chi connectivity index (χ0) is 46.1.